The second-order valence-corrected chi connectivity index (χ2v) is 7.80. The molecule has 1 fully saturated rings. The van der Waals surface area contributed by atoms with E-state index in [4.69, 9.17) is 0 Å². The lowest BCUT2D eigenvalue weighted by atomic mass is 10.0. The Balaban J connectivity index is 1.89. The summed E-state index contributed by atoms with van der Waals surface area (Å²) < 4.78 is 1.26. The van der Waals surface area contributed by atoms with Crippen LogP contribution in [-0.4, -0.2) is 62.6 Å². The van der Waals surface area contributed by atoms with Crippen LogP contribution in [0.2, 0.25) is 0 Å². The fraction of sp³-hybridized carbons (Fsp3) is 0.429. The molecule has 1 aliphatic heterocycles. The Morgan fingerprint density at radius 1 is 1.23 bits per heavy atom. The number of para-hydroxylation sites is 2. The normalized spacial score (nSPS) is 15.5. The van der Waals surface area contributed by atoms with Gasteiger partial charge in [0.2, 0.25) is 5.43 Å². The summed E-state index contributed by atoms with van der Waals surface area (Å²) in [5.74, 6) is -0.352. The van der Waals surface area contributed by atoms with Gasteiger partial charge >= 0.3 is 0 Å². The summed E-state index contributed by atoms with van der Waals surface area (Å²) in [6.07, 6.45) is 0. The highest BCUT2D eigenvalue weighted by molar-refractivity contribution is 5.92. The van der Waals surface area contributed by atoms with Gasteiger partial charge in [0.25, 0.3) is 11.6 Å². The molecule has 2 aromatic rings. The van der Waals surface area contributed by atoms with Crippen molar-refractivity contribution in [1.82, 2.24) is 19.6 Å². The van der Waals surface area contributed by atoms with Crippen LogP contribution >= 0.6 is 0 Å². The lowest BCUT2D eigenvalue weighted by molar-refractivity contribution is -0.384. The predicted octanol–water partition coefficient (Wildman–Crippen LogP) is 1.76. The number of benzene rings is 1. The third-order valence-electron chi connectivity index (χ3n) is 5.38. The highest BCUT2D eigenvalue weighted by Crippen LogP contribution is 2.22. The van der Waals surface area contributed by atoms with Crippen molar-refractivity contribution in [2.45, 2.75) is 26.8 Å². The average Bonchev–Trinajstić information content (AvgIpc) is 2.74. The lowest BCUT2D eigenvalue weighted by Crippen LogP contribution is -2.53. The van der Waals surface area contributed by atoms with Crippen LogP contribution in [-0.2, 0) is 0 Å². The first-order valence-electron chi connectivity index (χ1n) is 10.0. The molecular formula is C21H24N6O4. The number of nitrogens with zero attached hydrogens (tertiary/aromatic N) is 6. The van der Waals surface area contributed by atoms with Gasteiger partial charge in [0.1, 0.15) is 11.7 Å². The maximum atomic E-state index is 13.0. The van der Waals surface area contributed by atoms with Crippen LogP contribution < -0.4 is 5.43 Å². The summed E-state index contributed by atoms with van der Waals surface area (Å²) in [7, 11) is 0. The highest BCUT2D eigenvalue weighted by Gasteiger charge is 2.30. The van der Waals surface area contributed by atoms with Gasteiger partial charge in [-0.15, -0.1) is 0 Å². The van der Waals surface area contributed by atoms with Crippen LogP contribution in [0.5, 0.6) is 0 Å². The van der Waals surface area contributed by atoms with E-state index in [1.54, 1.807) is 13.0 Å². The Bertz CT molecular complexity index is 1100. The zero-order valence-corrected chi connectivity index (χ0v) is 17.7. The monoisotopic (exact) mass is 424 g/mol. The van der Waals surface area contributed by atoms with Crippen LogP contribution in [0.1, 0.15) is 30.0 Å². The zero-order chi connectivity index (χ0) is 22.7. The molecule has 1 aliphatic rings. The minimum atomic E-state index is -0.532. The first-order chi connectivity index (χ1) is 14.7. The molecule has 0 N–H and O–H groups in total. The summed E-state index contributed by atoms with van der Waals surface area (Å²) >= 11 is 0. The minimum Gasteiger partial charge on any atom is -0.335 e. The number of nitriles is 1. The van der Waals surface area contributed by atoms with E-state index >= 15 is 0 Å². The molecule has 3 rings (SSSR count). The molecule has 0 aliphatic carbocycles. The van der Waals surface area contributed by atoms with E-state index in [0.29, 0.717) is 31.9 Å². The molecule has 31 heavy (non-hydrogen) atoms. The number of rotatable bonds is 5. The van der Waals surface area contributed by atoms with Crippen LogP contribution in [0.3, 0.4) is 0 Å². The van der Waals surface area contributed by atoms with Gasteiger partial charge in [-0.2, -0.15) is 10.4 Å². The fourth-order valence-electron chi connectivity index (χ4n) is 3.74. The standard InChI is InChI=1S/C21H24N6O4/c1-14(2)18(13-22)24-8-10-25(11-9-24)21(29)20-19(28)12-15(3)26(23-20)16-6-4-5-7-17(16)27(30)31/h4-7,12,14,18H,8-11H2,1-3H3. The molecule has 0 spiro atoms. The molecule has 162 valence electrons. The third kappa shape index (κ3) is 4.46. The number of amides is 1. The first kappa shape index (κ1) is 22.1. The Labute approximate surface area is 179 Å². The van der Waals surface area contributed by atoms with Gasteiger partial charge in [-0.25, -0.2) is 4.68 Å². The van der Waals surface area contributed by atoms with Gasteiger partial charge in [0.15, 0.2) is 5.69 Å². The quantitative estimate of drug-likeness (QED) is 0.529. The largest absolute Gasteiger partial charge is 0.335 e. The molecule has 0 bridgehead atoms. The third-order valence-corrected chi connectivity index (χ3v) is 5.38. The van der Waals surface area contributed by atoms with E-state index in [1.165, 1.54) is 33.8 Å². The molecule has 1 atom stereocenters. The van der Waals surface area contributed by atoms with E-state index < -0.39 is 16.3 Å². The smallest absolute Gasteiger partial charge is 0.294 e. The van der Waals surface area contributed by atoms with E-state index in [1.807, 2.05) is 18.7 Å². The summed E-state index contributed by atoms with van der Waals surface area (Å²) in [5.41, 5.74) is -0.424. The number of aryl methyl sites for hydroxylation is 1. The summed E-state index contributed by atoms with van der Waals surface area (Å²) in [5, 5.41) is 25.0. The number of nitro benzene ring substituents is 1. The molecule has 1 aromatic heterocycles. The van der Waals surface area contributed by atoms with Gasteiger partial charge < -0.3 is 4.90 Å². The molecule has 10 nitrogen and oxygen atoms in total. The van der Waals surface area contributed by atoms with Crippen LogP contribution in [0.25, 0.3) is 5.69 Å². The SMILES string of the molecule is Cc1cc(=O)c(C(=O)N2CCN(C(C#N)C(C)C)CC2)nn1-c1ccccc1[N+](=O)[O-]. The topological polar surface area (TPSA) is 125 Å². The van der Waals surface area contributed by atoms with Gasteiger partial charge in [0.05, 0.1) is 11.0 Å². The number of hydrogen-bond acceptors (Lipinski definition) is 7. The van der Waals surface area contributed by atoms with Crippen LogP contribution in [0, 0.1) is 34.3 Å². The Morgan fingerprint density at radius 2 is 1.87 bits per heavy atom. The van der Waals surface area contributed by atoms with Crippen molar-refractivity contribution in [1.29, 1.82) is 5.26 Å². The number of aromatic nitrogens is 2. The Morgan fingerprint density at radius 3 is 2.45 bits per heavy atom. The molecular weight excluding hydrogens is 400 g/mol. The van der Waals surface area contributed by atoms with Crippen molar-refractivity contribution in [2.24, 2.45) is 5.92 Å². The minimum absolute atomic E-state index is 0.167. The number of hydrogen-bond donors (Lipinski definition) is 0. The summed E-state index contributed by atoms with van der Waals surface area (Å²) in [4.78, 5) is 40.0. The van der Waals surface area contributed by atoms with E-state index in [-0.39, 0.29) is 29.0 Å². The Hall–Kier alpha value is -3.58. The molecule has 1 unspecified atom stereocenters. The molecule has 0 saturated carbocycles. The average molecular weight is 424 g/mol. The second kappa shape index (κ2) is 9.06. The van der Waals surface area contributed by atoms with Crippen molar-refractivity contribution >= 4 is 11.6 Å². The second-order valence-electron chi connectivity index (χ2n) is 7.80. The van der Waals surface area contributed by atoms with Crippen molar-refractivity contribution < 1.29 is 9.72 Å². The van der Waals surface area contributed by atoms with E-state index in [9.17, 15) is 25.0 Å². The van der Waals surface area contributed by atoms with E-state index in [0.717, 1.165) is 0 Å². The van der Waals surface area contributed by atoms with Gasteiger partial charge in [-0.3, -0.25) is 24.6 Å². The van der Waals surface area contributed by atoms with Gasteiger partial charge in [-0.05, 0) is 18.9 Å². The molecule has 0 radical (unpaired) electrons. The molecule has 1 saturated heterocycles. The summed E-state index contributed by atoms with van der Waals surface area (Å²) in [6, 6.07) is 9.36. The van der Waals surface area contributed by atoms with Crippen molar-refractivity contribution in [2.75, 3.05) is 26.2 Å². The van der Waals surface area contributed by atoms with Crippen LogP contribution in [0.4, 0.5) is 5.69 Å². The van der Waals surface area contributed by atoms with Gasteiger partial charge in [0, 0.05) is 44.0 Å². The number of piperazine rings is 1. The molecule has 1 aromatic carbocycles. The Kier molecular flexibility index (Phi) is 6.46. The first-order valence-corrected chi connectivity index (χ1v) is 10.0. The van der Waals surface area contributed by atoms with Crippen molar-refractivity contribution in [3.05, 3.63) is 62.1 Å². The number of carbonyl (C=O) groups excluding carboxylic acids is 1. The number of carbonyl (C=O) groups is 1. The molecule has 2 heterocycles. The van der Waals surface area contributed by atoms with Crippen molar-refractivity contribution in [3.8, 4) is 11.8 Å². The fourth-order valence-corrected chi connectivity index (χ4v) is 3.74. The van der Waals surface area contributed by atoms with E-state index in [2.05, 4.69) is 11.2 Å². The van der Waals surface area contributed by atoms with Crippen molar-refractivity contribution in [3.63, 3.8) is 0 Å². The zero-order valence-electron chi connectivity index (χ0n) is 17.7. The van der Waals surface area contributed by atoms with Crippen LogP contribution in [0.15, 0.2) is 35.1 Å². The predicted molar refractivity (Wildman–Crippen MR) is 113 cm³/mol. The van der Waals surface area contributed by atoms with Gasteiger partial charge in [-0.1, -0.05) is 26.0 Å². The molecule has 10 heteroatoms. The molecule has 1 amide bonds. The number of nitro groups is 1. The highest BCUT2D eigenvalue weighted by atomic mass is 16.6. The lowest BCUT2D eigenvalue weighted by Gasteiger charge is -2.37. The summed E-state index contributed by atoms with van der Waals surface area (Å²) in [6.45, 7) is 7.33. The maximum absolute atomic E-state index is 13.0. The maximum Gasteiger partial charge on any atom is 0.294 e.